The minimum Gasteiger partial charge on any atom is -0.395 e. The van der Waals surface area contributed by atoms with Crippen molar-refractivity contribution in [2.24, 2.45) is 0 Å². The maximum absolute atomic E-state index is 12.3. The highest BCUT2D eigenvalue weighted by Gasteiger charge is 2.27. The molecular weight excluding hydrogens is 250 g/mol. The van der Waals surface area contributed by atoms with Gasteiger partial charge in [0.25, 0.3) is 5.91 Å². The number of nitrogens with zero attached hydrogens (tertiary/aromatic N) is 3. The maximum atomic E-state index is 12.3. The lowest BCUT2D eigenvalue weighted by Crippen LogP contribution is -2.47. The van der Waals surface area contributed by atoms with E-state index >= 15 is 0 Å². The number of hydrogen-bond donors (Lipinski definition) is 1. The third-order valence-electron chi connectivity index (χ3n) is 3.38. The van der Waals surface area contributed by atoms with Gasteiger partial charge in [0.05, 0.1) is 12.1 Å². The van der Waals surface area contributed by atoms with Gasteiger partial charge in [0.1, 0.15) is 5.69 Å². The first-order chi connectivity index (χ1) is 8.72. The normalized spacial score (nSPS) is 17.9. The highest BCUT2D eigenvalue weighted by atomic mass is 32.1. The zero-order valence-electron chi connectivity index (χ0n) is 10.6. The second kappa shape index (κ2) is 6.26. The Balaban J connectivity index is 2.05. The second-order valence-corrected chi connectivity index (χ2v) is 5.35. The molecule has 1 N–H and O–H groups in total. The largest absolute Gasteiger partial charge is 0.395 e. The lowest BCUT2D eigenvalue weighted by molar-refractivity contribution is 0.0535. The average Bonchev–Trinajstić information content (AvgIpc) is 2.90. The van der Waals surface area contributed by atoms with Crippen LogP contribution < -0.4 is 0 Å². The first kappa shape index (κ1) is 13.5. The van der Waals surface area contributed by atoms with Gasteiger partial charge in [-0.2, -0.15) is 0 Å². The third kappa shape index (κ3) is 3.07. The van der Waals surface area contributed by atoms with Gasteiger partial charge in [0.2, 0.25) is 0 Å². The molecule has 1 aromatic rings. The molecule has 0 aromatic carbocycles. The van der Waals surface area contributed by atoms with E-state index in [1.807, 2.05) is 0 Å². The Morgan fingerprint density at radius 1 is 1.61 bits per heavy atom. The molecule has 100 valence electrons. The summed E-state index contributed by atoms with van der Waals surface area (Å²) in [6.07, 6.45) is 1.93. The molecule has 1 fully saturated rings. The summed E-state index contributed by atoms with van der Waals surface area (Å²) in [6, 6.07) is 0.225. The Kier molecular flexibility index (Phi) is 4.68. The van der Waals surface area contributed by atoms with E-state index in [9.17, 15) is 4.79 Å². The minimum absolute atomic E-state index is 0.00220. The third-order valence-corrected chi connectivity index (χ3v) is 3.97. The zero-order chi connectivity index (χ0) is 13.0. The summed E-state index contributed by atoms with van der Waals surface area (Å²) in [7, 11) is 2.09. The summed E-state index contributed by atoms with van der Waals surface area (Å²) in [5, 5.41) is 10.9. The molecule has 0 radical (unpaired) electrons. The number of rotatable bonds is 4. The van der Waals surface area contributed by atoms with Gasteiger partial charge in [-0.1, -0.05) is 0 Å². The first-order valence-corrected chi connectivity index (χ1v) is 7.15. The number of thiazole rings is 1. The SMILES string of the molecule is CN1CCC(N(CCO)C(=O)c2cscn2)CC1. The van der Waals surface area contributed by atoms with Crippen LogP contribution in [0.2, 0.25) is 0 Å². The van der Waals surface area contributed by atoms with E-state index < -0.39 is 0 Å². The van der Waals surface area contributed by atoms with Crippen LogP contribution >= 0.6 is 11.3 Å². The van der Waals surface area contributed by atoms with Crippen LogP contribution in [0.1, 0.15) is 23.3 Å². The molecule has 1 saturated heterocycles. The molecule has 1 amide bonds. The van der Waals surface area contributed by atoms with Crippen molar-refractivity contribution in [3.05, 3.63) is 16.6 Å². The smallest absolute Gasteiger partial charge is 0.273 e. The standard InChI is InChI=1S/C12H19N3O2S/c1-14-4-2-10(3-5-14)15(6-7-16)12(17)11-8-18-9-13-11/h8-10,16H,2-7H2,1H3. The molecule has 0 aliphatic carbocycles. The van der Waals surface area contributed by atoms with Crippen molar-refractivity contribution < 1.29 is 9.90 Å². The molecule has 1 aliphatic heterocycles. The molecular formula is C12H19N3O2S. The number of aliphatic hydroxyl groups is 1. The van der Waals surface area contributed by atoms with Crippen molar-refractivity contribution >= 4 is 17.2 Å². The van der Waals surface area contributed by atoms with Gasteiger partial charge in [-0.3, -0.25) is 4.79 Å². The summed E-state index contributed by atoms with van der Waals surface area (Å²) >= 11 is 1.42. The zero-order valence-corrected chi connectivity index (χ0v) is 11.4. The van der Waals surface area contributed by atoms with Gasteiger partial charge in [0, 0.05) is 18.0 Å². The van der Waals surface area contributed by atoms with E-state index in [2.05, 4.69) is 16.9 Å². The van der Waals surface area contributed by atoms with E-state index in [1.54, 1.807) is 15.8 Å². The predicted octanol–water partition coefficient (Wildman–Crippen LogP) is 0.672. The molecule has 0 atom stereocenters. The molecule has 0 spiro atoms. The topological polar surface area (TPSA) is 56.7 Å². The van der Waals surface area contributed by atoms with Crippen LogP contribution in [0.4, 0.5) is 0 Å². The van der Waals surface area contributed by atoms with Crippen molar-refractivity contribution in [3.8, 4) is 0 Å². The van der Waals surface area contributed by atoms with Gasteiger partial charge in [-0.25, -0.2) is 4.98 Å². The summed E-state index contributed by atoms with van der Waals surface area (Å²) in [6.45, 7) is 2.39. The molecule has 0 bridgehead atoms. The molecule has 2 rings (SSSR count). The lowest BCUT2D eigenvalue weighted by atomic mass is 10.0. The number of hydrogen-bond acceptors (Lipinski definition) is 5. The number of aromatic nitrogens is 1. The number of carbonyl (C=O) groups excluding carboxylic acids is 1. The van der Waals surface area contributed by atoms with Gasteiger partial charge in [0.15, 0.2) is 0 Å². The molecule has 1 aromatic heterocycles. The van der Waals surface area contributed by atoms with E-state index in [-0.39, 0.29) is 18.6 Å². The van der Waals surface area contributed by atoms with Crippen LogP contribution in [0.5, 0.6) is 0 Å². The van der Waals surface area contributed by atoms with E-state index in [0.29, 0.717) is 12.2 Å². The number of amides is 1. The molecule has 1 aliphatic rings. The monoisotopic (exact) mass is 269 g/mol. The number of likely N-dealkylation sites (tertiary alicyclic amines) is 1. The van der Waals surface area contributed by atoms with Crippen LogP contribution in [0.3, 0.4) is 0 Å². The predicted molar refractivity (Wildman–Crippen MR) is 70.8 cm³/mol. The van der Waals surface area contributed by atoms with Crippen LogP contribution in [0, 0.1) is 0 Å². The summed E-state index contributed by atoms with van der Waals surface area (Å²) in [4.78, 5) is 20.4. The number of aliphatic hydroxyl groups excluding tert-OH is 1. The van der Waals surface area contributed by atoms with Crippen molar-refractivity contribution in [2.75, 3.05) is 33.3 Å². The Bertz CT molecular complexity index is 375. The van der Waals surface area contributed by atoms with E-state index in [1.165, 1.54) is 11.3 Å². The molecule has 6 heteroatoms. The summed E-state index contributed by atoms with van der Waals surface area (Å²) in [5.74, 6) is -0.0557. The average molecular weight is 269 g/mol. The van der Waals surface area contributed by atoms with Gasteiger partial charge in [-0.15, -0.1) is 11.3 Å². The lowest BCUT2D eigenvalue weighted by Gasteiger charge is -2.36. The highest BCUT2D eigenvalue weighted by Crippen LogP contribution is 2.18. The first-order valence-electron chi connectivity index (χ1n) is 6.21. The maximum Gasteiger partial charge on any atom is 0.273 e. The van der Waals surface area contributed by atoms with Crippen molar-refractivity contribution in [2.45, 2.75) is 18.9 Å². The fraction of sp³-hybridized carbons (Fsp3) is 0.667. The quantitative estimate of drug-likeness (QED) is 0.873. The molecule has 0 saturated carbocycles. The van der Waals surface area contributed by atoms with Crippen LogP contribution in [-0.4, -0.2) is 65.1 Å². The Labute approximate surface area is 111 Å². The van der Waals surface area contributed by atoms with Crippen LogP contribution in [0.15, 0.2) is 10.9 Å². The molecule has 2 heterocycles. The van der Waals surface area contributed by atoms with Gasteiger partial charge < -0.3 is 14.9 Å². The van der Waals surface area contributed by atoms with Crippen LogP contribution in [0.25, 0.3) is 0 Å². The minimum atomic E-state index is -0.0557. The Morgan fingerprint density at radius 3 is 2.89 bits per heavy atom. The number of carbonyl (C=O) groups is 1. The summed E-state index contributed by atoms with van der Waals surface area (Å²) < 4.78 is 0. The highest BCUT2D eigenvalue weighted by molar-refractivity contribution is 7.07. The molecule has 0 unspecified atom stereocenters. The van der Waals surface area contributed by atoms with Gasteiger partial charge in [-0.05, 0) is 33.0 Å². The van der Waals surface area contributed by atoms with Gasteiger partial charge >= 0.3 is 0 Å². The fourth-order valence-electron chi connectivity index (χ4n) is 2.33. The van der Waals surface area contributed by atoms with Crippen molar-refractivity contribution in [3.63, 3.8) is 0 Å². The van der Waals surface area contributed by atoms with Crippen molar-refractivity contribution in [1.29, 1.82) is 0 Å². The van der Waals surface area contributed by atoms with Crippen molar-refractivity contribution in [1.82, 2.24) is 14.8 Å². The summed E-state index contributed by atoms with van der Waals surface area (Å²) in [5.41, 5.74) is 2.16. The Morgan fingerprint density at radius 2 is 2.33 bits per heavy atom. The van der Waals surface area contributed by atoms with Crippen LogP contribution in [-0.2, 0) is 0 Å². The second-order valence-electron chi connectivity index (χ2n) is 4.63. The van der Waals surface area contributed by atoms with E-state index in [0.717, 1.165) is 25.9 Å². The van der Waals surface area contributed by atoms with E-state index in [4.69, 9.17) is 5.11 Å². The fourth-order valence-corrected chi connectivity index (χ4v) is 2.86. The number of piperidine rings is 1. The Hall–Kier alpha value is -0.980. The molecule has 18 heavy (non-hydrogen) atoms. The molecule has 5 nitrogen and oxygen atoms in total.